The van der Waals surface area contributed by atoms with Crippen LogP contribution in [0.15, 0.2) is 18.2 Å². The zero-order valence-corrected chi connectivity index (χ0v) is 11.1. The maximum absolute atomic E-state index is 11.6. The zero-order chi connectivity index (χ0) is 13.3. The molecule has 1 aromatic carbocycles. The van der Waals surface area contributed by atoms with Crippen molar-refractivity contribution in [3.8, 4) is 5.75 Å². The van der Waals surface area contributed by atoms with Crippen LogP contribution in [0.2, 0.25) is 0 Å². The summed E-state index contributed by atoms with van der Waals surface area (Å²) in [4.78, 5) is 11.6. The molecule has 1 amide bonds. The Bertz CT molecular complexity index is 493. The van der Waals surface area contributed by atoms with Crippen molar-refractivity contribution >= 4 is 11.6 Å². The maximum Gasteiger partial charge on any atom is 0.262 e. The number of anilines is 1. The van der Waals surface area contributed by atoms with Crippen molar-refractivity contribution in [2.45, 2.75) is 37.5 Å². The molecule has 1 aliphatic carbocycles. The molecule has 1 heterocycles. The van der Waals surface area contributed by atoms with Crippen LogP contribution in [0.5, 0.6) is 5.75 Å². The molecule has 0 radical (unpaired) electrons. The second kappa shape index (κ2) is 4.85. The highest BCUT2D eigenvalue weighted by atomic mass is 16.5. The predicted octanol–water partition coefficient (Wildman–Crippen LogP) is 2.18. The second-order valence-electron chi connectivity index (χ2n) is 5.56. The van der Waals surface area contributed by atoms with E-state index in [0.717, 1.165) is 29.8 Å². The Hall–Kier alpha value is -1.55. The number of rotatable bonds is 2. The van der Waals surface area contributed by atoms with Gasteiger partial charge in [0.25, 0.3) is 5.91 Å². The average molecular weight is 260 g/mol. The lowest BCUT2D eigenvalue weighted by Gasteiger charge is -2.39. The lowest BCUT2D eigenvalue weighted by molar-refractivity contribution is -0.118. The molecule has 3 N–H and O–H groups in total. The van der Waals surface area contributed by atoms with Gasteiger partial charge in [-0.1, -0.05) is 31.4 Å². The number of fused-ring (bicyclic) bond motifs is 1. The molecule has 19 heavy (non-hydrogen) atoms. The van der Waals surface area contributed by atoms with Gasteiger partial charge in [0, 0.05) is 12.0 Å². The summed E-state index contributed by atoms with van der Waals surface area (Å²) in [6.07, 6.45) is 5.87. The summed E-state index contributed by atoms with van der Waals surface area (Å²) in [6.45, 7) is 0.728. The van der Waals surface area contributed by atoms with E-state index >= 15 is 0 Å². The van der Waals surface area contributed by atoms with E-state index < -0.39 is 0 Å². The first kappa shape index (κ1) is 12.5. The molecule has 0 spiro atoms. The van der Waals surface area contributed by atoms with Crippen LogP contribution < -0.4 is 15.8 Å². The first-order valence-corrected chi connectivity index (χ1v) is 7.01. The van der Waals surface area contributed by atoms with Gasteiger partial charge in [-0.05, 0) is 24.5 Å². The van der Waals surface area contributed by atoms with Crippen molar-refractivity contribution in [1.82, 2.24) is 0 Å². The number of amides is 1. The van der Waals surface area contributed by atoms with Crippen LogP contribution in [-0.2, 0) is 10.2 Å². The number of carbonyl (C=O) groups is 1. The van der Waals surface area contributed by atoms with Crippen LogP contribution in [0.1, 0.15) is 37.7 Å². The maximum atomic E-state index is 11.6. The van der Waals surface area contributed by atoms with Gasteiger partial charge in [-0.25, -0.2) is 0 Å². The topological polar surface area (TPSA) is 64.3 Å². The molecule has 2 aliphatic rings. The van der Waals surface area contributed by atoms with Gasteiger partial charge in [-0.15, -0.1) is 0 Å². The van der Waals surface area contributed by atoms with Crippen molar-refractivity contribution in [2.24, 2.45) is 5.73 Å². The molecule has 1 saturated carbocycles. The molecule has 0 bridgehead atoms. The van der Waals surface area contributed by atoms with Gasteiger partial charge in [0.2, 0.25) is 0 Å². The molecule has 1 fully saturated rings. The summed E-state index contributed by atoms with van der Waals surface area (Å²) in [6, 6.07) is 5.99. The van der Waals surface area contributed by atoms with Crippen molar-refractivity contribution < 1.29 is 9.53 Å². The van der Waals surface area contributed by atoms with E-state index in [2.05, 4.69) is 11.4 Å². The lowest BCUT2D eigenvalue weighted by atomic mass is 9.69. The molecule has 0 aromatic heterocycles. The molecular weight excluding hydrogens is 240 g/mol. The van der Waals surface area contributed by atoms with E-state index in [1.807, 2.05) is 12.1 Å². The molecule has 4 nitrogen and oxygen atoms in total. The van der Waals surface area contributed by atoms with E-state index in [1.54, 1.807) is 0 Å². The van der Waals surface area contributed by atoms with E-state index in [1.165, 1.54) is 19.3 Å². The second-order valence-corrected chi connectivity index (χ2v) is 5.56. The van der Waals surface area contributed by atoms with Crippen molar-refractivity contribution in [1.29, 1.82) is 0 Å². The van der Waals surface area contributed by atoms with E-state index in [-0.39, 0.29) is 17.9 Å². The summed E-state index contributed by atoms with van der Waals surface area (Å²) < 4.78 is 5.50. The smallest absolute Gasteiger partial charge is 0.262 e. The van der Waals surface area contributed by atoms with Crippen molar-refractivity contribution in [3.63, 3.8) is 0 Å². The van der Waals surface area contributed by atoms with Gasteiger partial charge in [-0.2, -0.15) is 0 Å². The molecule has 4 heteroatoms. The molecule has 0 unspecified atom stereocenters. The highest BCUT2D eigenvalue weighted by Gasteiger charge is 2.36. The fraction of sp³-hybridized carbons (Fsp3) is 0.533. The van der Waals surface area contributed by atoms with Crippen LogP contribution in [0.25, 0.3) is 0 Å². The first-order chi connectivity index (χ1) is 9.25. The number of nitrogens with one attached hydrogen (secondary N) is 1. The number of hydrogen-bond donors (Lipinski definition) is 2. The molecule has 3 rings (SSSR count). The largest absolute Gasteiger partial charge is 0.482 e. The molecule has 1 aromatic rings. The van der Waals surface area contributed by atoms with Crippen molar-refractivity contribution in [2.75, 3.05) is 18.5 Å². The van der Waals surface area contributed by atoms with E-state index in [0.29, 0.717) is 6.54 Å². The Kier molecular flexibility index (Phi) is 3.19. The van der Waals surface area contributed by atoms with Crippen LogP contribution in [0.4, 0.5) is 5.69 Å². The molecular formula is C15H20N2O2. The highest BCUT2D eigenvalue weighted by molar-refractivity contribution is 5.96. The SMILES string of the molecule is NCC1(c2cccc3c2NC(=O)CO3)CCCCC1. The fourth-order valence-corrected chi connectivity index (χ4v) is 3.35. The van der Waals surface area contributed by atoms with Crippen LogP contribution >= 0.6 is 0 Å². The van der Waals surface area contributed by atoms with Gasteiger partial charge in [0.05, 0.1) is 5.69 Å². The summed E-state index contributed by atoms with van der Waals surface area (Å²) in [5.74, 6) is 0.693. The number of para-hydroxylation sites is 1. The average Bonchev–Trinajstić information content (AvgIpc) is 2.47. The van der Waals surface area contributed by atoms with E-state index in [9.17, 15) is 4.79 Å². The Morgan fingerprint density at radius 3 is 2.79 bits per heavy atom. The number of nitrogens with two attached hydrogens (primary N) is 1. The normalized spacial score (nSPS) is 21.2. The quantitative estimate of drug-likeness (QED) is 0.856. The van der Waals surface area contributed by atoms with Gasteiger partial charge in [0.1, 0.15) is 5.75 Å². The number of carbonyl (C=O) groups excluding carboxylic acids is 1. The monoisotopic (exact) mass is 260 g/mol. The third kappa shape index (κ3) is 2.10. The minimum atomic E-state index is -0.0806. The first-order valence-electron chi connectivity index (χ1n) is 7.01. The van der Waals surface area contributed by atoms with Gasteiger partial charge >= 0.3 is 0 Å². The standard InChI is InChI=1S/C15H20N2O2/c16-10-15(7-2-1-3-8-15)11-5-4-6-12-14(11)17-13(18)9-19-12/h4-6H,1-3,7-10,16H2,(H,17,18). The summed E-state index contributed by atoms with van der Waals surface area (Å²) in [7, 11) is 0. The number of hydrogen-bond acceptors (Lipinski definition) is 3. The zero-order valence-electron chi connectivity index (χ0n) is 11.1. The highest BCUT2D eigenvalue weighted by Crippen LogP contribution is 2.45. The number of ether oxygens (including phenoxy) is 1. The summed E-state index contributed by atoms with van der Waals surface area (Å²) in [5.41, 5.74) is 8.07. The van der Waals surface area contributed by atoms with E-state index in [4.69, 9.17) is 10.5 Å². The molecule has 0 atom stereocenters. The van der Waals surface area contributed by atoms with Crippen LogP contribution in [-0.4, -0.2) is 19.1 Å². The Balaban J connectivity index is 2.06. The van der Waals surface area contributed by atoms with Gasteiger partial charge in [0.15, 0.2) is 6.61 Å². The number of benzene rings is 1. The summed E-state index contributed by atoms with van der Waals surface area (Å²) >= 11 is 0. The fourth-order valence-electron chi connectivity index (χ4n) is 3.35. The predicted molar refractivity (Wildman–Crippen MR) is 74.4 cm³/mol. The van der Waals surface area contributed by atoms with Crippen molar-refractivity contribution in [3.05, 3.63) is 23.8 Å². The van der Waals surface area contributed by atoms with Gasteiger partial charge < -0.3 is 15.8 Å². The van der Waals surface area contributed by atoms with Crippen LogP contribution in [0, 0.1) is 0 Å². The Labute approximate surface area is 113 Å². The minimum Gasteiger partial charge on any atom is -0.482 e. The van der Waals surface area contributed by atoms with Crippen LogP contribution in [0.3, 0.4) is 0 Å². The minimum absolute atomic E-state index is 0.00241. The summed E-state index contributed by atoms with van der Waals surface area (Å²) in [5, 5.41) is 2.97. The Morgan fingerprint density at radius 1 is 1.26 bits per heavy atom. The Morgan fingerprint density at radius 2 is 2.05 bits per heavy atom. The molecule has 1 aliphatic heterocycles. The lowest BCUT2D eigenvalue weighted by Crippen LogP contribution is -2.39. The third-order valence-electron chi connectivity index (χ3n) is 4.42. The molecule has 102 valence electrons. The molecule has 0 saturated heterocycles. The third-order valence-corrected chi connectivity index (χ3v) is 4.42. The van der Waals surface area contributed by atoms with Gasteiger partial charge in [-0.3, -0.25) is 4.79 Å².